The monoisotopic (exact) mass is 470 g/mol. The van der Waals surface area contributed by atoms with E-state index in [9.17, 15) is 14.4 Å². The molecule has 3 amide bonds. The average Bonchev–Trinajstić information content (AvgIpc) is 3.31. The lowest BCUT2D eigenvalue weighted by molar-refractivity contribution is -0.130. The number of nitrogens with one attached hydrogen (secondary N) is 1. The normalized spacial score (nSPS) is 21.8. The number of nitrogens with zero attached hydrogens (tertiary/aromatic N) is 3. The van der Waals surface area contributed by atoms with Crippen molar-refractivity contribution in [1.29, 1.82) is 0 Å². The van der Waals surface area contributed by atoms with E-state index < -0.39 is 17.7 Å². The fraction of sp³-hybridized carbons (Fsp3) is 0.654. The number of amides is 3. The van der Waals surface area contributed by atoms with E-state index in [4.69, 9.17) is 4.74 Å². The van der Waals surface area contributed by atoms with E-state index in [1.54, 1.807) is 25.7 Å². The molecule has 1 saturated heterocycles. The Balaban J connectivity index is 1.67. The molecule has 2 aliphatic heterocycles. The van der Waals surface area contributed by atoms with Gasteiger partial charge in [-0.1, -0.05) is 31.4 Å². The molecule has 2 heterocycles. The van der Waals surface area contributed by atoms with Gasteiger partial charge in [-0.25, -0.2) is 4.79 Å². The predicted molar refractivity (Wildman–Crippen MR) is 132 cm³/mol. The summed E-state index contributed by atoms with van der Waals surface area (Å²) in [6, 6.07) is 7.30. The number of carbonyl (C=O) groups is 3. The number of hydrogen-bond donors (Lipinski definition) is 1. The Labute approximate surface area is 202 Å². The van der Waals surface area contributed by atoms with Crippen molar-refractivity contribution >= 4 is 29.3 Å². The number of fused-ring (bicyclic) bond motifs is 1. The Morgan fingerprint density at radius 3 is 2.29 bits per heavy atom. The molecule has 1 unspecified atom stereocenters. The Bertz CT molecular complexity index is 900. The summed E-state index contributed by atoms with van der Waals surface area (Å²) in [7, 11) is 0. The first-order valence-corrected chi connectivity index (χ1v) is 12.7. The Morgan fingerprint density at radius 2 is 1.65 bits per heavy atom. The summed E-state index contributed by atoms with van der Waals surface area (Å²) in [4.78, 5) is 45.3. The fourth-order valence-corrected chi connectivity index (χ4v) is 5.28. The van der Waals surface area contributed by atoms with Gasteiger partial charge >= 0.3 is 6.09 Å². The van der Waals surface area contributed by atoms with Crippen molar-refractivity contribution in [3.63, 3.8) is 0 Å². The molecule has 1 aliphatic carbocycles. The zero-order chi connectivity index (χ0) is 24.3. The van der Waals surface area contributed by atoms with Crippen molar-refractivity contribution in [2.75, 3.05) is 36.0 Å². The van der Waals surface area contributed by atoms with Crippen molar-refractivity contribution in [2.45, 2.75) is 83.4 Å². The first kappa shape index (κ1) is 24.4. The summed E-state index contributed by atoms with van der Waals surface area (Å²) >= 11 is 0. The number of benzene rings is 1. The first-order valence-electron chi connectivity index (χ1n) is 12.7. The first-order chi connectivity index (χ1) is 16.2. The van der Waals surface area contributed by atoms with Crippen molar-refractivity contribution < 1.29 is 19.1 Å². The van der Waals surface area contributed by atoms with Crippen molar-refractivity contribution in [3.8, 4) is 0 Å². The smallest absolute Gasteiger partial charge is 0.408 e. The standard InChI is InChI=1S/C26H38N4O4/c1-26(2,3)34-25(33)27-20-17-29(19-11-5-4-6-12-19)21-13-7-8-14-22(21)30(24(20)32)18-23(31)28-15-9-10-16-28/h7-8,13-14,19-20H,4-6,9-12,15-18H2,1-3H3,(H,27,33). The van der Waals surface area contributed by atoms with Gasteiger partial charge in [0.2, 0.25) is 5.91 Å². The van der Waals surface area contributed by atoms with Gasteiger partial charge in [-0.15, -0.1) is 0 Å². The van der Waals surface area contributed by atoms with Crippen molar-refractivity contribution in [3.05, 3.63) is 24.3 Å². The van der Waals surface area contributed by atoms with Crippen molar-refractivity contribution in [1.82, 2.24) is 10.2 Å². The molecular weight excluding hydrogens is 432 g/mol. The summed E-state index contributed by atoms with van der Waals surface area (Å²) in [5.41, 5.74) is 1.01. The van der Waals surface area contributed by atoms with E-state index in [2.05, 4.69) is 10.2 Å². The molecule has 34 heavy (non-hydrogen) atoms. The number of alkyl carbamates (subject to hydrolysis) is 1. The quantitative estimate of drug-likeness (QED) is 0.726. The van der Waals surface area contributed by atoms with E-state index in [1.807, 2.05) is 29.2 Å². The summed E-state index contributed by atoms with van der Waals surface area (Å²) < 4.78 is 5.47. The Hall–Kier alpha value is -2.77. The van der Waals surface area contributed by atoms with Crippen LogP contribution in [0.2, 0.25) is 0 Å². The highest BCUT2D eigenvalue weighted by Crippen LogP contribution is 2.37. The van der Waals surface area contributed by atoms with E-state index in [0.717, 1.165) is 63.0 Å². The highest BCUT2D eigenvalue weighted by molar-refractivity contribution is 6.06. The summed E-state index contributed by atoms with van der Waals surface area (Å²) in [6.45, 7) is 7.19. The molecular formula is C26H38N4O4. The molecule has 1 saturated carbocycles. The third-order valence-electron chi connectivity index (χ3n) is 6.88. The molecule has 2 fully saturated rings. The molecule has 1 aromatic carbocycles. The largest absolute Gasteiger partial charge is 0.444 e. The maximum Gasteiger partial charge on any atom is 0.408 e. The van der Waals surface area contributed by atoms with Gasteiger partial charge in [0.25, 0.3) is 5.91 Å². The number of para-hydroxylation sites is 2. The molecule has 1 aromatic rings. The van der Waals surface area contributed by atoms with Crippen LogP contribution >= 0.6 is 0 Å². The molecule has 8 nitrogen and oxygen atoms in total. The van der Waals surface area contributed by atoms with Gasteiger partial charge in [0.05, 0.1) is 11.4 Å². The van der Waals surface area contributed by atoms with Crippen LogP contribution in [0, 0.1) is 0 Å². The minimum absolute atomic E-state index is 0.0269. The Kier molecular flexibility index (Phi) is 7.33. The van der Waals surface area contributed by atoms with Crippen LogP contribution in [0.4, 0.5) is 16.2 Å². The SMILES string of the molecule is CC(C)(C)OC(=O)NC1CN(C2CCCCC2)c2ccccc2N(CC(=O)N2CCCC2)C1=O. The predicted octanol–water partition coefficient (Wildman–Crippen LogP) is 3.69. The van der Waals surface area contributed by atoms with Crippen LogP contribution in [0.15, 0.2) is 24.3 Å². The summed E-state index contributed by atoms with van der Waals surface area (Å²) in [5, 5.41) is 2.82. The average molecular weight is 471 g/mol. The lowest BCUT2D eigenvalue weighted by atomic mass is 9.93. The maximum absolute atomic E-state index is 13.8. The number of anilines is 2. The molecule has 0 bridgehead atoms. The zero-order valence-electron chi connectivity index (χ0n) is 20.7. The molecule has 0 aromatic heterocycles. The summed E-state index contributed by atoms with van der Waals surface area (Å²) in [5.74, 6) is -0.327. The number of likely N-dealkylation sites (tertiary alicyclic amines) is 1. The second kappa shape index (κ2) is 10.2. The van der Waals surface area contributed by atoms with E-state index in [-0.39, 0.29) is 18.4 Å². The lowest BCUT2D eigenvalue weighted by Gasteiger charge is -2.37. The third-order valence-corrected chi connectivity index (χ3v) is 6.88. The molecule has 1 N–H and O–H groups in total. The second-order valence-electron chi connectivity index (χ2n) is 10.6. The fourth-order valence-electron chi connectivity index (χ4n) is 5.28. The van der Waals surface area contributed by atoms with Crippen LogP contribution in [0.1, 0.15) is 65.7 Å². The Morgan fingerprint density at radius 1 is 1.00 bits per heavy atom. The van der Waals surface area contributed by atoms with E-state index >= 15 is 0 Å². The number of rotatable bonds is 4. The minimum atomic E-state index is -0.810. The third kappa shape index (κ3) is 5.65. The van der Waals surface area contributed by atoms with Crippen LogP contribution < -0.4 is 15.1 Å². The molecule has 0 spiro atoms. The molecule has 4 rings (SSSR count). The molecule has 8 heteroatoms. The van der Waals surface area contributed by atoms with Gasteiger partial charge in [-0.3, -0.25) is 14.5 Å². The van der Waals surface area contributed by atoms with Crippen LogP contribution in [0.25, 0.3) is 0 Å². The number of carbonyl (C=O) groups excluding carboxylic acids is 3. The minimum Gasteiger partial charge on any atom is -0.444 e. The van der Waals surface area contributed by atoms with Crippen LogP contribution in [-0.2, 0) is 14.3 Å². The number of hydrogen-bond acceptors (Lipinski definition) is 5. The van der Waals surface area contributed by atoms with Gasteiger partial charge in [0.15, 0.2) is 0 Å². The maximum atomic E-state index is 13.8. The highest BCUT2D eigenvalue weighted by Gasteiger charge is 2.39. The number of ether oxygens (including phenoxy) is 1. The van der Waals surface area contributed by atoms with Gasteiger partial charge in [0, 0.05) is 25.7 Å². The van der Waals surface area contributed by atoms with E-state index in [1.165, 1.54) is 6.42 Å². The van der Waals surface area contributed by atoms with E-state index in [0.29, 0.717) is 12.6 Å². The second-order valence-corrected chi connectivity index (χ2v) is 10.6. The van der Waals surface area contributed by atoms with Crippen LogP contribution in [0.5, 0.6) is 0 Å². The molecule has 0 radical (unpaired) electrons. The van der Waals surface area contributed by atoms with Crippen LogP contribution in [0.3, 0.4) is 0 Å². The van der Waals surface area contributed by atoms with Gasteiger partial charge in [-0.05, 0) is 58.6 Å². The van der Waals surface area contributed by atoms with Gasteiger partial charge in [0.1, 0.15) is 18.2 Å². The highest BCUT2D eigenvalue weighted by atomic mass is 16.6. The zero-order valence-corrected chi connectivity index (χ0v) is 20.7. The molecule has 186 valence electrons. The van der Waals surface area contributed by atoms with Crippen molar-refractivity contribution in [2.24, 2.45) is 0 Å². The van der Waals surface area contributed by atoms with Gasteiger partial charge < -0.3 is 19.9 Å². The molecule has 3 aliphatic rings. The summed E-state index contributed by atoms with van der Waals surface area (Å²) in [6.07, 6.45) is 7.00. The van der Waals surface area contributed by atoms with Crippen LogP contribution in [-0.4, -0.2) is 66.7 Å². The van der Waals surface area contributed by atoms with Gasteiger partial charge in [-0.2, -0.15) is 0 Å². The lowest BCUT2D eigenvalue weighted by Crippen LogP contribution is -2.55. The topological polar surface area (TPSA) is 82.2 Å². The molecule has 1 atom stereocenters.